The Bertz CT molecular complexity index is 143. The Kier molecular flexibility index (Phi) is 7.81. The molecule has 0 saturated carbocycles. The van der Waals surface area contributed by atoms with E-state index in [1.165, 1.54) is 6.42 Å². The molecule has 0 amide bonds. The lowest BCUT2D eigenvalue weighted by molar-refractivity contribution is 0.229. The van der Waals surface area contributed by atoms with Gasteiger partial charge in [-0.05, 0) is 26.3 Å². The molecule has 0 aliphatic heterocycles. The van der Waals surface area contributed by atoms with E-state index < -0.39 is 0 Å². The molecule has 0 fully saturated rings. The van der Waals surface area contributed by atoms with Gasteiger partial charge in [-0.3, -0.25) is 0 Å². The average molecular weight is 198 g/mol. The van der Waals surface area contributed by atoms with Gasteiger partial charge < -0.3 is 10.2 Å². The Morgan fingerprint density at radius 2 is 2.00 bits per heavy atom. The third kappa shape index (κ3) is 7.10. The molecule has 0 spiro atoms. The fraction of sp³-hybridized carbons (Fsp3) is 0.833. The van der Waals surface area contributed by atoms with Crippen LogP contribution in [0.25, 0.3) is 0 Å². The first kappa shape index (κ1) is 13.7. The van der Waals surface area contributed by atoms with Crippen LogP contribution < -0.4 is 5.32 Å². The van der Waals surface area contributed by atoms with E-state index >= 15 is 0 Å². The molecule has 0 radical (unpaired) electrons. The molecule has 0 saturated heterocycles. The maximum absolute atomic E-state index is 3.68. The zero-order chi connectivity index (χ0) is 11.0. The van der Waals surface area contributed by atoms with Crippen molar-refractivity contribution in [3.8, 4) is 0 Å². The van der Waals surface area contributed by atoms with Gasteiger partial charge in [-0.1, -0.05) is 19.9 Å². The molecule has 2 nitrogen and oxygen atoms in total. The Balaban J connectivity index is 3.51. The molecule has 0 aromatic carbocycles. The Labute approximate surface area is 89.4 Å². The van der Waals surface area contributed by atoms with Crippen LogP contribution in [0.15, 0.2) is 12.7 Å². The fourth-order valence-electron chi connectivity index (χ4n) is 1.54. The van der Waals surface area contributed by atoms with Crippen molar-refractivity contribution < 1.29 is 0 Å². The molecule has 84 valence electrons. The molecule has 0 aromatic rings. The van der Waals surface area contributed by atoms with Gasteiger partial charge in [0.2, 0.25) is 0 Å². The first-order valence-corrected chi connectivity index (χ1v) is 5.59. The third-order valence-electron chi connectivity index (χ3n) is 2.49. The van der Waals surface area contributed by atoms with Crippen molar-refractivity contribution in [1.29, 1.82) is 0 Å². The van der Waals surface area contributed by atoms with E-state index in [2.05, 4.69) is 44.6 Å². The van der Waals surface area contributed by atoms with Gasteiger partial charge in [-0.15, -0.1) is 6.58 Å². The summed E-state index contributed by atoms with van der Waals surface area (Å²) in [6.45, 7) is 13.6. The molecule has 0 aliphatic rings. The average Bonchev–Trinajstić information content (AvgIpc) is 2.11. The molecule has 0 aliphatic carbocycles. The molecule has 1 N–H and O–H groups in total. The van der Waals surface area contributed by atoms with Crippen LogP contribution in [0.1, 0.15) is 27.2 Å². The van der Waals surface area contributed by atoms with Crippen LogP contribution in [0.4, 0.5) is 0 Å². The highest BCUT2D eigenvalue weighted by Crippen LogP contribution is 2.08. The van der Waals surface area contributed by atoms with Crippen LogP contribution in [0.2, 0.25) is 0 Å². The van der Waals surface area contributed by atoms with Crippen LogP contribution in [0, 0.1) is 5.92 Å². The number of likely N-dealkylation sites (N-methyl/N-ethyl adjacent to an activating group) is 1. The summed E-state index contributed by atoms with van der Waals surface area (Å²) in [5.74, 6) is 0.786. The van der Waals surface area contributed by atoms with Crippen LogP contribution in [0.3, 0.4) is 0 Å². The molecule has 14 heavy (non-hydrogen) atoms. The molecule has 0 heterocycles. The molecule has 0 rings (SSSR count). The minimum Gasteiger partial charge on any atom is -0.312 e. The normalized spacial score (nSPS) is 13.6. The summed E-state index contributed by atoms with van der Waals surface area (Å²) in [5, 5.41) is 3.31. The van der Waals surface area contributed by atoms with Crippen LogP contribution in [-0.4, -0.2) is 37.6 Å². The number of hydrogen-bond acceptors (Lipinski definition) is 2. The van der Waals surface area contributed by atoms with Gasteiger partial charge in [-0.25, -0.2) is 0 Å². The first-order valence-electron chi connectivity index (χ1n) is 5.59. The summed E-state index contributed by atoms with van der Waals surface area (Å²) in [5.41, 5.74) is 0. The monoisotopic (exact) mass is 198 g/mol. The number of nitrogens with one attached hydrogen (secondary N) is 1. The Hall–Kier alpha value is -0.340. The van der Waals surface area contributed by atoms with E-state index in [4.69, 9.17) is 0 Å². The Morgan fingerprint density at radius 1 is 1.36 bits per heavy atom. The van der Waals surface area contributed by atoms with E-state index in [1.54, 1.807) is 0 Å². The molecular weight excluding hydrogens is 172 g/mol. The molecule has 1 unspecified atom stereocenters. The van der Waals surface area contributed by atoms with Gasteiger partial charge in [0.25, 0.3) is 0 Å². The lowest BCUT2D eigenvalue weighted by Gasteiger charge is -2.26. The third-order valence-corrected chi connectivity index (χ3v) is 2.49. The van der Waals surface area contributed by atoms with Gasteiger partial charge >= 0.3 is 0 Å². The maximum Gasteiger partial charge on any atom is 0.0132 e. The highest BCUT2D eigenvalue weighted by atomic mass is 15.1. The zero-order valence-corrected chi connectivity index (χ0v) is 10.2. The summed E-state index contributed by atoms with van der Waals surface area (Å²) < 4.78 is 0. The Morgan fingerprint density at radius 3 is 2.50 bits per heavy atom. The van der Waals surface area contributed by atoms with Crippen LogP contribution >= 0.6 is 0 Å². The topological polar surface area (TPSA) is 15.3 Å². The second-order valence-electron chi connectivity index (χ2n) is 4.45. The molecule has 0 aromatic heterocycles. The van der Waals surface area contributed by atoms with E-state index in [9.17, 15) is 0 Å². The van der Waals surface area contributed by atoms with Crippen molar-refractivity contribution in [2.24, 2.45) is 5.92 Å². The van der Waals surface area contributed by atoms with E-state index in [0.29, 0.717) is 6.04 Å². The smallest absolute Gasteiger partial charge is 0.0132 e. The summed E-state index contributed by atoms with van der Waals surface area (Å²) in [7, 11) is 2.20. The predicted octanol–water partition coefficient (Wildman–Crippen LogP) is 2.13. The highest BCUT2D eigenvalue weighted by molar-refractivity contribution is 4.71. The van der Waals surface area contributed by atoms with E-state index in [1.807, 2.05) is 6.08 Å². The van der Waals surface area contributed by atoms with Gasteiger partial charge in [-0.2, -0.15) is 0 Å². The van der Waals surface area contributed by atoms with Crippen molar-refractivity contribution in [2.45, 2.75) is 33.2 Å². The maximum atomic E-state index is 3.68. The van der Waals surface area contributed by atoms with Crippen molar-refractivity contribution in [3.63, 3.8) is 0 Å². The quantitative estimate of drug-likeness (QED) is 0.475. The summed E-state index contributed by atoms with van der Waals surface area (Å²) in [4.78, 5) is 2.41. The first-order chi connectivity index (χ1) is 6.57. The van der Waals surface area contributed by atoms with Crippen molar-refractivity contribution in [3.05, 3.63) is 12.7 Å². The fourth-order valence-corrected chi connectivity index (χ4v) is 1.54. The van der Waals surface area contributed by atoms with E-state index in [-0.39, 0.29) is 0 Å². The number of hydrogen-bond donors (Lipinski definition) is 1. The minimum absolute atomic E-state index is 0.681. The molecule has 2 heteroatoms. The van der Waals surface area contributed by atoms with Crippen LogP contribution in [0.5, 0.6) is 0 Å². The number of rotatable bonds is 8. The second kappa shape index (κ2) is 8.01. The predicted molar refractivity (Wildman–Crippen MR) is 64.6 cm³/mol. The van der Waals surface area contributed by atoms with Crippen LogP contribution in [-0.2, 0) is 0 Å². The minimum atomic E-state index is 0.681. The van der Waals surface area contributed by atoms with Gasteiger partial charge in [0.05, 0.1) is 0 Å². The number of nitrogens with zero attached hydrogens (tertiary/aromatic N) is 1. The second-order valence-corrected chi connectivity index (χ2v) is 4.45. The van der Waals surface area contributed by atoms with Gasteiger partial charge in [0.15, 0.2) is 0 Å². The largest absolute Gasteiger partial charge is 0.312 e. The summed E-state index contributed by atoms with van der Waals surface area (Å²) >= 11 is 0. The van der Waals surface area contributed by atoms with Crippen molar-refractivity contribution in [1.82, 2.24) is 10.2 Å². The zero-order valence-electron chi connectivity index (χ0n) is 10.2. The molecule has 1 atom stereocenters. The molecule has 0 bridgehead atoms. The molecular formula is C12H26N2. The van der Waals surface area contributed by atoms with E-state index in [0.717, 1.165) is 25.6 Å². The lowest BCUT2D eigenvalue weighted by Crippen LogP contribution is -2.36. The van der Waals surface area contributed by atoms with Crippen molar-refractivity contribution >= 4 is 0 Å². The highest BCUT2D eigenvalue weighted by Gasteiger charge is 2.09. The van der Waals surface area contributed by atoms with Gasteiger partial charge in [0.1, 0.15) is 0 Å². The summed E-state index contributed by atoms with van der Waals surface area (Å²) in [6, 6.07) is 0.681. The van der Waals surface area contributed by atoms with Crippen molar-refractivity contribution in [2.75, 3.05) is 26.7 Å². The summed E-state index contributed by atoms with van der Waals surface area (Å²) in [6.07, 6.45) is 3.18. The lowest BCUT2D eigenvalue weighted by atomic mass is 10.0. The van der Waals surface area contributed by atoms with Gasteiger partial charge in [0, 0.05) is 25.7 Å². The SMILES string of the molecule is C=CCNCCN(C)C(C)CC(C)C. The standard InChI is InChI=1S/C12H26N2/c1-6-7-13-8-9-14(5)12(4)10-11(2)3/h6,11-13H,1,7-10H2,2-5H3.